The number of aromatic nitrogens is 1. The molecule has 7 nitrogen and oxygen atoms in total. The zero-order valence-corrected chi connectivity index (χ0v) is 21.6. The predicted octanol–water partition coefficient (Wildman–Crippen LogP) is 6.95. The fourth-order valence-corrected chi connectivity index (χ4v) is 5.08. The number of carbonyl (C=O) groups excluding carboxylic acids is 1. The number of aromatic hydroxyl groups is 1. The highest BCUT2D eigenvalue weighted by atomic mass is 35.5. The molecule has 0 aliphatic carbocycles. The van der Waals surface area contributed by atoms with Crippen LogP contribution in [0, 0.1) is 10.1 Å². The van der Waals surface area contributed by atoms with E-state index in [0.717, 1.165) is 24.0 Å². The molecule has 1 N–H and O–H groups in total. The maximum Gasteiger partial charge on any atom is 0.269 e. The highest BCUT2D eigenvalue weighted by molar-refractivity contribution is 6.30. The number of halogens is 1. The van der Waals surface area contributed by atoms with Crippen LogP contribution in [0.1, 0.15) is 58.7 Å². The molecule has 0 saturated heterocycles. The van der Waals surface area contributed by atoms with Crippen LogP contribution >= 0.6 is 11.6 Å². The lowest BCUT2D eigenvalue weighted by Gasteiger charge is -2.25. The SMILES string of the molecule is CCCCN1C(=O)c2c(nc(Cc3ccccc3)c(O)c2-c2ccc([N+](=O)[O-])cc2)C1c1ccc(Cl)cc1. The van der Waals surface area contributed by atoms with Crippen molar-refractivity contribution >= 4 is 23.2 Å². The van der Waals surface area contributed by atoms with E-state index in [9.17, 15) is 20.0 Å². The van der Waals surface area contributed by atoms with Crippen LogP contribution in [0.2, 0.25) is 5.02 Å². The molecule has 1 aliphatic rings. The van der Waals surface area contributed by atoms with Gasteiger partial charge in [0.25, 0.3) is 11.6 Å². The minimum atomic E-state index is -0.477. The van der Waals surface area contributed by atoms with Gasteiger partial charge in [-0.25, -0.2) is 0 Å². The summed E-state index contributed by atoms with van der Waals surface area (Å²) in [4.78, 5) is 31.5. The van der Waals surface area contributed by atoms with Gasteiger partial charge in [-0.15, -0.1) is 0 Å². The fraction of sp³-hybridized carbons (Fsp3) is 0.200. The Bertz CT molecular complexity index is 1490. The van der Waals surface area contributed by atoms with Gasteiger partial charge in [-0.1, -0.05) is 67.4 Å². The summed E-state index contributed by atoms with van der Waals surface area (Å²) in [7, 11) is 0. The summed E-state index contributed by atoms with van der Waals surface area (Å²) in [6.45, 7) is 2.59. The molecule has 1 unspecified atom stereocenters. The second-order valence-corrected chi connectivity index (χ2v) is 9.75. The van der Waals surface area contributed by atoms with E-state index in [-0.39, 0.29) is 17.3 Å². The number of hydrogen-bond acceptors (Lipinski definition) is 5. The largest absolute Gasteiger partial charge is 0.505 e. The standard InChI is InChI=1S/C30H26ClN3O4/c1-2-3-17-33-28(21-9-13-22(31)14-10-21)27-26(30(33)36)25(20-11-15-23(16-12-20)34(37)38)29(35)24(32-27)18-19-7-5-4-6-8-19/h4-16,28,35H,2-3,17-18H2,1H3. The van der Waals surface area contributed by atoms with Gasteiger partial charge in [0.05, 0.1) is 21.9 Å². The van der Waals surface area contributed by atoms with E-state index >= 15 is 0 Å². The third-order valence-corrected chi connectivity index (χ3v) is 7.09. The molecule has 0 bridgehead atoms. The molecule has 1 atom stereocenters. The fourth-order valence-electron chi connectivity index (χ4n) is 4.95. The van der Waals surface area contributed by atoms with Gasteiger partial charge in [-0.2, -0.15) is 0 Å². The van der Waals surface area contributed by atoms with Crippen molar-refractivity contribution in [1.82, 2.24) is 9.88 Å². The van der Waals surface area contributed by atoms with E-state index in [2.05, 4.69) is 6.92 Å². The van der Waals surface area contributed by atoms with Crippen LogP contribution in [-0.4, -0.2) is 32.4 Å². The highest BCUT2D eigenvalue weighted by Crippen LogP contribution is 2.46. The number of pyridine rings is 1. The van der Waals surface area contributed by atoms with Crippen molar-refractivity contribution in [3.63, 3.8) is 0 Å². The Morgan fingerprint density at radius 3 is 2.32 bits per heavy atom. The van der Waals surface area contributed by atoms with Gasteiger partial charge in [-0.05, 0) is 47.4 Å². The molecule has 0 saturated carbocycles. The summed E-state index contributed by atoms with van der Waals surface area (Å²) in [5.74, 6) is -0.321. The number of unbranched alkanes of at least 4 members (excludes halogenated alkanes) is 1. The number of nitro groups is 1. The number of non-ortho nitro benzene ring substituents is 1. The Kier molecular flexibility index (Phi) is 7.11. The molecule has 3 aromatic carbocycles. The van der Waals surface area contributed by atoms with Crippen molar-refractivity contribution in [3.8, 4) is 16.9 Å². The highest BCUT2D eigenvalue weighted by Gasteiger charge is 2.42. The number of rotatable bonds is 8. The van der Waals surface area contributed by atoms with Crippen LogP contribution in [0.5, 0.6) is 5.75 Å². The summed E-state index contributed by atoms with van der Waals surface area (Å²) in [6.07, 6.45) is 2.07. The molecule has 1 aromatic heterocycles. The summed E-state index contributed by atoms with van der Waals surface area (Å²) >= 11 is 6.17. The molecule has 8 heteroatoms. The lowest BCUT2D eigenvalue weighted by molar-refractivity contribution is -0.384. The summed E-state index contributed by atoms with van der Waals surface area (Å²) in [5.41, 5.74) is 3.94. The van der Waals surface area contributed by atoms with E-state index in [0.29, 0.717) is 46.1 Å². The first-order valence-electron chi connectivity index (χ1n) is 12.5. The average molecular weight is 528 g/mol. The molecule has 38 heavy (non-hydrogen) atoms. The molecule has 2 heterocycles. The van der Waals surface area contributed by atoms with Crippen LogP contribution in [0.15, 0.2) is 78.9 Å². The summed E-state index contributed by atoms with van der Waals surface area (Å²) in [6, 6.07) is 22.5. The van der Waals surface area contributed by atoms with Gasteiger partial charge in [0.2, 0.25) is 0 Å². The lowest BCUT2D eigenvalue weighted by atomic mass is 9.93. The Balaban J connectivity index is 1.75. The predicted molar refractivity (Wildman–Crippen MR) is 146 cm³/mol. The number of benzene rings is 3. The molecule has 4 aromatic rings. The number of hydrogen-bond donors (Lipinski definition) is 1. The van der Waals surface area contributed by atoms with E-state index in [1.165, 1.54) is 12.1 Å². The van der Waals surface area contributed by atoms with Crippen molar-refractivity contribution < 1.29 is 14.8 Å². The van der Waals surface area contributed by atoms with Gasteiger partial charge in [-0.3, -0.25) is 19.9 Å². The lowest BCUT2D eigenvalue weighted by Crippen LogP contribution is -2.30. The van der Waals surface area contributed by atoms with Crippen LogP contribution < -0.4 is 0 Å². The first-order chi connectivity index (χ1) is 18.4. The smallest absolute Gasteiger partial charge is 0.269 e. The molecule has 0 radical (unpaired) electrons. The molecule has 0 fully saturated rings. The number of nitro benzene ring substituents is 1. The van der Waals surface area contributed by atoms with Gasteiger partial charge >= 0.3 is 0 Å². The topological polar surface area (TPSA) is 96.6 Å². The monoisotopic (exact) mass is 527 g/mol. The molecule has 192 valence electrons. The number of amides is 1. The number of carbonyl (C=O) groups is 1. The number of nitrogens with zero attached hydrogens (tertiary/aromatic N) is 3. The third kappa shape index (κ3) is 4.73. The minimum absolute atomic E-state index is 0.0709. The normalized spacial score (nSPS) is 14.5. The van der Waals surface area contributed by atoms with E-state index in [1.54, 1.807) is 29.2 Å². The maximum absolute atomic E-state index is 14.0. The van der Waals surface area contributed by atoms with Crippen molar-refractivity contribution in [2.75, 3.05) is 6.54 Å². The minimum Gasteiger partial charge on any atom is -0.505 e. The van der Waals surface area contributed by atoms with Crippen LogP contribution in [0.4, 0.5) is 5.69 Å². The van der Waals surface area contributed by atoms with Crippen LogP contribution in [0.3, 0.4) is 0 Å². The summed E-state index contributed by atoms with van der Waals surface area (Å²) < 4.78 is 0. The first-order valence-corrected chi connectivity index (χ1v) is 12.9. The molecule has 5 rings (SSSR count). The summed E-state index contributed by atoms with van der Waals surface area (Å²) in [5, 5.41) is 23.4. The average Bonchev–Trinajstić information content (AvgIpc) is 3.19. The molecule has 0 spiro atoms. The zero-order valence-electron chi connectivity index (χ0n) is 20.8. The number of fused-ring (bicyclic) bond motifs is 1. The first kappa shape index (κ1) is 25.4. The molecular formula is C30H26ClN3O4. The van der Waals surface area contributed by atoms with E-state index in [4.69, 9.17) is 16.6 Å². The Labute approximate surface area is 225 Å². The third-order valence-electron chi connectivity index (χ3n) is 6.84. The van der Waals surface area contributed by atoms with E-state index in [1.807, 2.05) is 42.5 Å². The van der Waals surface area contributed by atoms with Gasteiger partial charge in [0, 0.05) is 35.7 Å². The van der Waals surface area contributed by atoms with Gasteiger partial charge in [0.1, 0.15) is 11.8 Å². The maximum atomic E-state index is 14.0. The second kappa shape index (κ2) is 10.6. The van der Waals surface area contributed by atoms with Gasteiger partial charge in [0.15, 0.2) is 0 Å². The van der Waals surface area contributed by atoms with Crippen molar-refractivity contribution in [1.29, 1.82) is 0 Å². The molecule has 1 amide bonds. The zero-order chi connectivity index (χ0) is 26.8. The van der Waals surface area contributed by atoms with Crippen molar-refractivity contribution in [2.24, 2.45) is 0 Å². The molecule has 1 aliphatic heterocycles. The van der Waals surface area contributed by atoms with Crippen molar-refractivity contribution in [3.05, 3.63) is 122 Å². The van der Waals surface area contributed by atoms with Crippen LogP contribution in [-0.2, 0) is 6.42 Å². The van der Waals surface area contributed by atoms with Crippen molar-refractivity contribution in [2.45, 2.75) is 32.2 Å². The van der Waals surface area contributed by atoms with Gasteiger partial charge < -0.3 is 10.0 Å². The van der Waals surface area contributed by atoms with Crippen LogP contribution in [0.25, 0.3) is 11.1 Å². The van der Waals surface area contributed by atoms with E-state index < -0.39 is 11.0 Å². The Hall–Kier alpha value is -4.23. The second-order valence-electron chi connectivity index (χ2n) is 9.31. The quantitative estimate of drug-likeness (QED) is 0.197. The Morgan fingerprint density at radius 1 is 1.00 bits per heavy atom. The Morgan fingerprint density at radius 2 is 1.68 bits per heavy atom. The molecular weight excluding hydrogens is 502 g/mol.